The standard InChI is InChI=1S/C17H24BNO5/c1-16(2)17(3,4)24-18(23-16)13-6-7-14(22-5)12-10-19(15(20)21)9-8-11(12)13/h6-7H,8-10H2,1-5H3,(H,20,21). The van der Waals surface area contributed by atoms with E-state index in [0.717, 1.165) is 16.6 Å². The van der Waals surface area contributed by atoms with Gasteiger partial charge in [0.05, 0.1) is 24.9 Å². The van der Waals surface area contributed by atoms with Crippen molar-refractivity contribution in [2.75, 3.05) is 13.7 Å². The number of methoxy groups -OCH3 is 1. The number of nitrogens with zero attached hydrogens (tertiary/aromatic N) is 1. The predicted octanol–water partition coefficient (Wildman–Crippen LogP) is 2.03. The van der Waals surface area contributed by atoms with Crippen LogP contribution in [0.1, 0.15) is 38.8 Å². The van der Waals surface area contributed by atoms with Crippen LogP contribution in [-0.4, -0.2) is 48.1 Å². The summed E-state index contributed by atoms with van der Waals surface area (Å²) < 4.78 is 17.8. The Balaban J connectivity index is 2.00. The average Bonchev–Trinajstić information content (AvgIpc) is 2.73. The number of benzene rings is 1. The first kappa shape index (κ1) is 17.1. The van der Waals surface area contributed by atoms with Gasteiger partial charge in [0.15, 0.2) is 0 Å². The summed E-state index contributed by atoms with van der Waals surface area (Å²) in [7, 11) is 1.15. The number of hydrogen-bond donors (Lipinski definition) is 1. The fourth-order valence-electron chi connectivity index (χ4n) is 3.22. The number of fused-ring (bicyclic) bond motifs is 1. The molecule has 1 saturated heterocycles. The summed E-state index contributed by atoms with van der Waals surface area (Å²) in [6.45, 7) is 8.87. The molecule has 0 unspecified atom stereocenters. The highest BCUT2D eigenvalue weighted by Gasteiger charge is 2.52. The van der Waals surface area contributed by atoms with E-state index in [1.54, 1.807) is 7.11 Å². The van der Waals surface area contributed by atoms with Crippen LogP contribution in [0.15, 0.2) is 12.1 Å². The summed E-state index contributed by atoms with van der Waals surface area (Å²) in [4.78, 5) is 12.7. The lowest BCUT2D eigenvalue weighted by atomic mass is 9.73. The van der Waals surface area contributed by atoms with Crippen LogP contribution in [0.5, 0.6) is 5.75 Å². The van der Waals surface area contributed by atoms with Crippen molar-refractivity contribution in [1.82, 2.24) is 4.90 Å². The maximum absolute atomic E-state index is 11.3. The highest BCUT2D eigenvalue weighted by molar-refractivity contribution is 6.62. The van der Waals surface area contributed by atoms with Gasteiger partial charge in [-0.2, -0.15) is 0 Å². The van der Waals surface area contributed by atoms with Crippen molar-refractivity contribution in [3.05, 3.63) is 23.3 Å². The molecular formula is C17H24BNO5. The van der Waals surface area contributed by atoms with Crippen molar-refractivity contribution in [2.45, 2.75) is 51.9 Å². The van der Waals surface area contributed by atoms with Crippen LogP contribution in [0.2, 0.25) is 0 Å². The van der Waals surface area contributed by atoms with E-state index < -0.39 is 24.4 Å². The molecular weight excluding hydrogens is 309 g/mol. The SMILES string of the molecule is COc1ccc(B2OC(C)(C)C(C)(C)O2)c2c1CN(C(=O)O)CC2. The predicted molar refractivity (Wildman–Crippen MR) is 90.8 cm³/mol. The molecule has 130 valence electrons. The van der Waals surface area contributed by atoms with E-state index in [2.05, 4.69) is 0 Å². The van der Waals surface area contributed by atoms with Gasteiger partial charge in [-0.15, -0.1) is 0 Å². The summed E-state index contributed by atoms with van der Waals surface area (Å²) in [5.41, 5.74) is 2.12. The molecule has 0 aliphatic carbocycles. The highest BCUT2D eigenvalue weighted by atomic mass is 16.7. The Hall–Kier alpha value is -1.73. The monoisotopic (exact) mass is 333 g/mol. The van der Waals surface area contributed by atoms with Crippen LogP contribution in [-0.2, 0) is 22.3 Å². The normalized spacial score (nSPS) is 21.5. The number of hydrogen-bond acceptors (Lipinski definition) is 4. The van der Waals surface area contributed by atoms with Crippen LogP contribution >= 0.6 is 0 Å². The second kappa shape index (κ2) is 5.67. The van der Waals surface area contributed by atoms with Gasteiger partial charge in [-0.25, -0.2) is 4.79 Å². The van der Waals surface area contributed by atoms with Crippen LogP contribution in [0.4, 0.5) is 4.79 Å². The summed E-state index contributed by atoms with van der Waals surface area (Å²) in [5, 5.41) is 9.28. The average molecular weight is 333 g/mol. The van der Waals surface area contributed by atoms with Gasteiger partial charge in [0, 0.05) is 12.1 Å². The third-order valence-electron chi connectivity index (χ3n) is 5.40. The summed E-state index contributed by atoms with van der Waals surface area (Å²) in [6.07, 6.45) is -0.290. The maximum atomic E-state index is 11.3. The van der Waals surface area contributed by atoms with Gasteiger partial charge in [-0.05, 0) is 51.2 Å². The Labute approximate surface area is 142 Å². The molecule has 1 aromatic rings. The van der Waals surface area contributed by atoms with Gasteiger partial charge in [0.25, 0.3) is 0 Å². The number of carbonyl (C=O) groups is 1. The van der Waals surface area contributed by atoms with E-state index in [-0.39, 0.29) is 0 Å². The molecule has 0 aromatic heterocycles. The number of rotatable bonds is 2. The molecule has 7 heteroatoms. The molecule has 0 bridgehead atoms. The zero-order valence-electron chi connectivity index (χ0n) is 14.9. The van der Waals surface area contributed by atoms with Gasteiger partial charge in [-0.3, -0.25) is 0 Å². The molecule has 1 fully saturated rings. The number of amides is 1. The molecule has 3 rings (SSSR count). The Morgan fingerprint density at radius 3 is 2.38 bits per heavy atom. The molecule has 0 spiro atoms. The molecule has 2 heterocycles. The van der Waals surface area contributed by atoms with Crippen LogP contribution < -0.4 is 10.2 Å². The van der Waals surface area contributed by atoms with Gasteiger partial charge in [0.1, 0.15) is 5.75 Å². The minimum atomic E-state index is -0.913. The third-order valence-corrected chi connectivity index (χ3v) is 5.40. The summed E-state index contributed by atoms with van der Waals surface area (Å²) >= 11 is 0. The highest BCUT2D eigenvalue weighted by Crippen LogP contribution is 2.37. The van der Waals surface area contributed by atoms with E-state index in [0.29, 0.717) is 25.3 Å². The second-order valence-corrected chi connectivity index (χ2v) is 7.36. The Kier molecular flexibility index (Phi) is 4.04. The molecule has 2 aliphatic heterocycles. The molecule has 2 aliphatic rings. The van der Waals surface area contributed by atoms with E-state index in [1.165, 1.54) is 4.90 Å². The molecule has 6 nitrogen and oxygen atoms in total. The lowest BCUT2D eigenvalue weighted by Gasteiger charge is -2.32. The smallest absolute Gasteiger partial charge is 0.495 e. The largest absolute Gasteiger partial charge is 0.496 e. The summed E-state index contributed by atoms with van der Waals surface area (Å²) in [5.74, 6) is 0.705. The fourth-order valence-corrected chi connectivity index (χ4v) is 3.22. The minimum absolute atomic E-state index is 0.321. The van der Waals surface area contributed by atoms with Crippen molar-refractivity contribution in [3.63, 3.8) is 0 Å². The number of ether oxygens (including phenoxy) is 1. The summed E-state index contributed by atoms with van der Waals surface area (Å²) in [6, 6.07) is 3.83. The fraction of sp³-hybridized carbons (Fsp3) is 0.588. The Morgan fingerprint density at radius 1 is 1.21 bits per heavy atom. The van der Waals surface area contributed by atoms with Crippen molar-refractivity contribution >= 4 is 18.7 Å². The van der Waals surface area contributed by atoms with Gasteiger partial charge >= 0.3 is 13.2 Å². The molecule has 1 amide bonds. The Morgan fingerprint density at radius 2 is 1.83 bits per heavy atom. The van der Waals surface area contributed by atoms with E-state index in [9.17, 15) is 9.90 Å². The molecule has 24 heavy (non-hydrogen) atoms. The molecule has 0 saturated carbocycles. The second-order valence-electron chi connectivity index (χ2n) is 7.36. The maximum Gasteiger partial charge on any atom is 0.495 e. The van der Waals surface area contributed by atoms with Crippen molar-refractivity contribution in [1.29, 1.82) is 0 Å². The van der Waals surface area contributed by atoms with E-state index in [4.69, 9.17) is 14.0 Å². The quantitative estimate of drug-likeness (QED) is 0.839. The first-order valence-electron chi connectivity index (χ1n) is 8.18. The van der Waals surface area contributed by atoms with Crippen molar-refractivity contribution in [3.8, 4) is 5.75 Å². The minimum Gasteiger partial charge on any atom is -0.496 e. The molecule has 1 aromatic carbocycles. The van der Waals surface area contributed by atoms with E-state index >= 15 is 0 Å². The third kappa shape index (κ3) is 2.65. The molecule has 0 atom stereocenters. The van der Waals surface area contributed by atoms with Crippen molar-refractivity contribution in [2.24, 2.45) is 0 Å². The molecule has 1 N–H and O–H groups in total. The lowest BCUT2D eigenvalue weighted by molar-refractivity contribution is 0.00578. The molecule has 0 radical (unpaired) electrons. The van der Waals surface area contributed by atoms with Gasteiger partial charge in [0.2, 0.25) is 0 Å². The lowest BCUT2D eigenvalue weighted by Crippen LogP contribution is -2.42. The first-order chi connectivity index (χ1) is 11.2. The van der Waals surface area contributed by atoms with Gasteiger partial charge in [-0.1, -0.05) is 6.07 Å². The first-order valence-corrected chi connectivity index (χ1v) is 8.18. The van der Waals surface area contributed by atoms with Gasteiger partial charge < -0.3 is 24.1 Å². The topological polar surface area (TPSA) is 68.2 Å². The van der Waals surface area contributed by atoms with Crippen LogP contribution in [0, 0.1) is 0 Å². The van der Waals surface area contributed by atoms with E-state index in [1.807, 2.05) is 39.8 Å². The van der Waals surface area contributed by atoms with Crippen molar-refractivity contribution < 1.29 is 23.9 Å². The van der Waals surface area contributed by atoms with Crippen LogP contribution in [0.25, 0.3) is 0 Å². The zero-order chi connectivity index (χ0) is 17.7. The van der Waals surface area contributed by atoms with Crippen LogP contribution in [0.3, 0.4) is 0 Å². The Bertz CT molecular complexity index is 657. The zero-order valence-corrected chi connectivity index (χ0v) is 14.9. The number of carboxylic acid groups (broad SMARTS) is 1.